The van der Waals surface area contributed by atoms with E-state index in [2.05, 4.69) is 105 Å². The van der Waals surface area contributed by atoms with Gasteiger partial charge in [0, 0.05) is 0 Å². The van der Waals surface area contributed by atoms with E-state index in [1.807, 2.05) is 0 Å². The number of fused-ring (bicyclic) bond motifs is 1. The Morgan fingerprint density at radius 3 is 2.16 bits per heavy atom. The number of hydrogen-bond donors (Lipinski definition) is 0. The minimum Gasteiger partial charge on any atom is -0.0662 e. The van der Waals surface area contributed by atoms with Gasteiger partial charge in [-0.3, -0.25) is 0 Å². The Morgan fingerprint density at radius 1 is 0.938 bits per heavy atom. The second kappa shape index (κ2) is 8.03. The van der Waals surface area contributed by atoms with Crippen LogP contribution in [0.3, 0.4) is 0 Å². The van der Waals surface area contributed by atoms with Gasteiger partial charge in [0.25, 0.3) is 0 Å². The van der Waals surface area contributed by atoms with E-state index in [9.17, 15) is 0 Å². The van der Waals surface area contributed by atoms with Crippen molar-refractivity contribution in [2.75, 3.05) is 0 Å². The first-order chi connectivity index (χ1) is 15.0. The molecule has 2 aromatic rings. The molecule has 0 spiro atoms. The minimum absolute atomic E-state index is 0.521. The first-order valence-corrected chi connectivity index (χ1v) is 15.3. The van der Waals surface area contributed by atoms with Gasteiger partial charge in [0.1, 0.15) is 8.07 Å². The number of rotatable bonds is 4. The van der Waals surface area contributed by atoms with Gasteiger partial charge in [-0.05, 0) is 97.0 Å². The summed E-state index contributed by atoms with van der Waals surface area (Å²) in [6.45, 7) is 24.2. The summed E-state index contributed by atoms with van der Waals surface area (Å²) in [5.41, 5.74) is 15.1. The molecule has 32 heavy (non-hydrogen) atoms. The predicted molar refractivity (Wildman–Crippen MR) is 145 cm³/mol. The second-order valence-corrected chi connectivity index (χ2v) is 15.3. The molecule has 0 N–H and O–H groups in total. The molecular formula is C31H40Si. The molecule has 0 radical (unpaired) electrons. The number of allylic oxidation sites excluding steroid dienone is 5. The lowest BCUT2D eigenvalue weighted by Gasteiger charge is -2.36. The monoisotopic (exact) mass is 440 g/mol. The number of aryl methyl sites for hydroxylation is 1. The molecule has 0 saturated heterocycles. The molecule has 0 nitrogen and oxygen atoms in total. The van der Waals surface area contributed by atoms with Crippen LogP contribution in [0.5, 0.6) is 0 Å². The van der Waals surface area contributed by atoms with Gasteiger partial charge < -0.3 is 0 Å². The van der Waals surface area contributed by atoms with Gasteiger partial charge in [-0.25, -0.2) is 0 Å². The van der Waals surface area contributed by atoms with Crippen LogP contribution in [0.25, 0.3) is 11.6 Å². The van der Waals surface area contributed by atoms with Crippen molar-refractivity contribution in [1.29, 1.82) is 0 Å². The van der Waals surface area contributed by atoms with Crippen molar-refractivity contribution < 1.29 is 0 Å². The largest absolute Gasteiger partial charge is 0.109 e. The van der Waals surface area contributed by atoms with Crippen LogP contribution in [0, 0.1) is 19.8 Å². The van der Waals surface area contributed by atoms with Crippen molar-refractivity contribution in [2.45, 2.75) is 80.8 Å². The highest BCUT2D eigenvalue weighted by molar-refractivity contribution is 6.96. The normalized spacial score (nSPS) is 18.7. The Bertz CT molecular complexity index is 1200. The maximum Gasteiger partial charge on any atom is 0.109 e. The average molecular weight is 441 g/mol. The molecule has 4 rings (SSSR count). The average Bonchev–Trinajstić information content (AvgIpc) is 3.24. The van der Waals surface area contributed by atoms with Gasteiger partial charge in [-0.1, -0.05) is 92.2 Å². The van der Waals surface area contributed by atoms with Crippen molar-refractivity contribution in [3.63, 3.8) is 0 Å². The Hall–Kier alpha value is -2.12. The van der Waals surface area contributed by atoms with Crippen LogP contribution in [0.2, 0.25) is 13.1 Å². The summed E-state index contributed by atoms with van der Waals surface area (Å²) in [6, 6.07) is 11.4. The standard InChI is InChI=1S/C31H40Si/c1-18(2)29-24(8)28(27-16-25-13-11-12-14-26(25)17-27)15-19(3)30(29)32(9,10)31-22(6)20(4)21(5)23(31)7/h11-16,18,22H,17H2,1-10H3. The van der Waals surface area contributed by atoms with Crippen molar-refractivity contribution in [3.05, 3.63) is 85.6 Å². The lowest BCUT2D eigenvalue weighted by Crippen LogP contribution is -2.49. The zero-order chi connectivity index (χ0) is 23.5. The summed E-state index contributed by atoms with van der Waals surface area (Å²) in [5, 5.41) is 3.44. The fourth-order valence-electron chi connectivity index (χ4n) is 6.79. The summed E-state index contributed by atoms with van der Waals surface area (Å²) < 4.78 is 0. The summed E-state index contributed by atoms with van der Waals surface area (Å²) >= 11 is 0. The van der Waals surface area contributed by atoms with Gasteiger partial charge in [-0.15, -0.1) is 0 Å². The van der Waals surface area contributed by atoms with Gasteiger partial charge >= 0.3 is 0 Å². The maximum atomic E-state index is 2.60. The SMILES string of the molecule is CC1=C(C)C(C)C([Si](C)(C)c2c(C)cc(C3=Cc4ccccc4C3)c(C)c2C(C)C)=C1C. The molecule has 0 aliphatic heterocycles. The summed E-state index contributed by atoms with van der Waals surface area (Å²) in [5.74, 6) is 1.09. The van der Waals surface area contributed by atoms with Crippen LogP contribution in [0.1, 0.15) is 80.8 Å². The molecule has 168 valence electrons. The van der Waals surface area contributed by atoms with E-state index in [0.717, 1.165) is 6.42 Å². The van der Waals surface area contributed by atoms with E-state index in [0.29, 0.717) is 11.8 Å². The second-order valence-electron chi connectivity index (χ2n) is 11.0. The smallest absolute Gasteiger partial charge is 0.0662 e. The van der Waals surface area contributed by atoms with Crippen LogP contribution in [-0.2, 0) is 6.42 Å². The van der Waals surface area contributed by atoms with Gasteiger partial charge in [0.15, 0.2) is 0 Å². The minimum atomic E-state index is -1.85. The zero-order valence-corrected chi connectivity index (χ0v) is 22.8. The molecule has 0 aromatic heterocycles. The molecule has 0 heterocycles. The highest BCUT2D eigenvalue weighted by atomic mass is 28.3. The first-order valence-electron chi connectivity index (χ1n) is 12.3. The quantitative estimate of drug-likeness (QED) is 0.420. The van der Waals surface area contributed by atoms with Crippen LogP contribution >= 0.6 is 0 Å². The molecular weight excluding hydrogens is 400 g/mol. The molecule has 0 fully saturated rings. The summed E-state index contributed by atoms with van der Waals surface area (Å²) in [4.78, 5) is 0. The van der Waals surface area contributed by atoms with Gasteiger partial charge in [0.05, 0.1) is 0 Å². The van der Waals surface area contributed by atoms with E-state index >= 15 is 0 Å². The molecule has 1 heteroatoms. The van der Waals surface area contributed by atoms with E-state index in [-0.39, 0.29) is 0 Å². The third-order valence-corrected chi connectivity index (χ3v) is 12.5. The fraction of sp³-hybridized carbons (Fsp3) is 0.419. The fourth-order valence-corrected chi connectivity index (χ4v) is 11.7. The molecule has 1 unspecified atom stereocenters. The molecule has 2 aliphatic rings. The van der Waals surface area contributed by atoms with Crippen molar-refractivity contribution in [1.82, 2.24) is 0 Å². The topological polar surface area (TPSA) is 0 Å². The van der Waals surface area contributed by atoms with Gasteiger partial charge in [0.2, 0.25) is 0 Å². The lowest BCUT2D eigenvalue weighted by atomic mass is 9.88. The van der Waals surface area contributed by atoms with Crippen LogP contribution in [0.15, 0.2) is 52.2 Å². The van der Waals surface area contributed by atoms with Crippen molar-refractivity contribution in [3.8, 4) is 0 Å². The molecule has 2 aromatic carbocycles. The molecule has 0 bridgehead atoms. The third kappa shape index (κ3) is 3.41. The van der Waals surface area contributed by atoms with Gasteiger partial charge in [-0.2, -0.15) is 0 Å². The third-order valence-electron chi connectivity index (χ3n) is 8.46. The van der Waals surface area contributed by atoms with E-state index in [4.69, 9.17) is 0 Å². The predicted octanol–water partition coefficient (Wildman–Crippen LogP) is 8.28. The number of benzene rings is 2. The highest BCUT2D eigenvalue weighted by Gasteiger charge is 2.40. The van der Waals surface area contributed by atoms with E-state index < -0.39 is 8.07 Å². The Kier molecular flexibility index (Phi) is 5.78. The van der Waals surface area contributed by atoms with Crippen LogP contribution < -0.4 is 5.19 Å². The maximum absolute atomic E-state index is 2.60. The lowest BCUT2D eigenvalue weighted by molar-refractivity contribution is 0.844. The van der Waals surface area contributed by atoms with E-state index in [1.54, 1.807) is 27.1 Å². The molecule has 0 amide bonds. The first kappa shape index (κ1) is 23.0. The van der Waals surface area contributed by atoms with Crippen LogP contribution in [0.4, 0.5) is 0 Å². The number of hydrogen-bond acceptors (Lipinski definition) is 0. The highest BCUT2D eigenvalue weighted by Crippen LogP contribution is 2.43. The van der Waals surface area contributed by atoms with Crippen LogP contribution in [-0.4, -0.2) is 8.07 Å². The Labute approximate surface area is 197 Å². The molecule has 1 atom stereocenters. The molecule has 0 saturated carbocycles. The van der Waals surface area contributed by atoms with E-state index in [1.165, 1.54) is 39.0 Å². The summed E-state index contributed by atoms with van der Waals surface area (Å²) in [7, 11) is -1.85. The Morgan fingerprint density at radius 2 is 1.59 bits per heavy atom. The van der Waals surface area contributed by atoms with Crippen molar-refractivity contribution >= 4 is 24.9 Å². The molecule has 2 aliphatic carbocycles. The zero-order valence-electron chi connectivity index (χ0n) is 21.8. The summed E-state index contributed by atoms with van der Waals surface area (Å²) in [6.07, 6.45) is 3.48. The Balaban J connectivity index is 1.90. The van der Waals surface area contributed by atoms with Crippen molar-refractivity contribution in [2.24, 2.45) is 5.92 Å².